The topological polar surface area (TPSA) is 237 Å². The van der Waals surface area contributed by atoms with Gasteiger partial charge in [0.1, 0.15) is 19.3 Å². The monoisotopic (exact) mass is 1520 g/mol. The predicted octanol–water partition coefficient (Wildman–Crippen LogP) is 26.0. The summed E-state index contributed by atoms with van der Waals surface area (Å²) >= 11 is 0. The maximum absolute atomic E-state index is 13.1. The Hall–Kier alpha value is -1.94. The first-order chi connectivity index (χ1) is 50.6. The summed E-state index contributed by atoms with van der Waals surface area (Å²) in [5, 5.41) is 10.6. The molecule has 6 atom stereocenters. The van der Waals surface area contributed by atoms with Crippen molar-refractivity contribution in [2.75, 3.05) is 39.6 Å². The average molecular weight is 1520 g/mol. The molecule has 0 amide bonds. The molecule has 0 spiro atoms. The minimum absolute atomic E-state index is 0.104. The largest absolute Gasteiger partial charge is 0.472 e. The normalized spacial score (nSPS) is 14.0. The Morgan fingerprint density at radius 3 is 0.683 bits per heavy atom. The summed E-state index contributed by atoms with van der Waals surface area (Å²) in [6, 6.07) is 0. The van der Waals surface area contributed by atoms with Crippen LogP contribution in [0.3, 0.4) is 0 Å². The fourth-order valence-electron chi connectivity index (χ4n) is 13.3. The van der Waals surface area contributed by atoms with Crippen LogP contribution in [0.15, 0.2) is 0 Å². The molecular weight excluding hydrogens is 1350 g/mol. The van der Waals surface area contributed by atoms with Crippen molar-refractivity contribution in [2.45, 2.75) is 477 Å². The van der Waals surface area contributed by atoms with E-state index >= 15 is 0 Å². The van der Waals surface area contributed by atoms with E-state index in [-0.39, 0.29) is 25.7 Å². The molecule has 0 aromatic heterocycles. The van der Waals surface area contributed by atoms with E-state index in [0.717, 1.165) is 95.8 Å². The van der Waals surface area contributed by atoms with Crippen LogP contribution in [0.4, 0.5) is 0 Å². The number of aliphatic hydroxyl groups excluding tert-OH is 1. The van der Waals surface area contributed by atoms with Gasteiger partial charge in [0, 0.05) is 25.7 Å². The van der Waals surface area contributed by atoms with E-state index in [0.29, 0.717) is 25.7 Å². The lowest BCUT2D eigenvalue weighted by molar-refractivity contribution is -0.161. The lowest BCUT2D eigenvalue weighted by Crippen LogP contribution is -2.30. The second kappa shape index (κ2) is 77.8. The van der Waals surface area contributed by atoms with E-state index in [1.54, 1.807) is 0 Å². The molecule has 0 rings (SSSR count). The first-order valence-corrected chi connectivity index (χ1v) is 47.2. The van der Waals surface area contributed by atoms with Crippen LogP contribution in [0.2, 0.25) is 0 Å². The van der Waals surface area contributed by atoms with Crippen molar-refractivity contribution >= 4 is 39.5 Å². The molecule has 104 heavy (non-hydrogen) atoms. The Bertz CT molecular complexity index is 1980. The van der Waals surface area contributed by atoms with Gasteiger partial charge < -0.3 is 33.8 Å². The summed E-state index contributed by atoms with van der Waals surface area (Å²) in [5.74, 6) is -1.39. The molecule has 0 saturated heterocycles. The van der Waals surface area contributed by atoms with Crippen LogP contribution in [0.25, 0.3) is 0 Å². The quantitative estimate of drug-likeness (QED) is 0.0222. The summed E-state index contributed by atoms with van der Waals surface area (Å²) in [4.78, 5) is 73.0. The van der Waals surface area contributed by atoms with Crippen molar-refractivity contribution < 1.29 is 80.2 Å². The third kappa shape index (κ3) is 76.8. The Morgan fingerprint density at radius 1 is 0.269 bits per heavy atom. The molecule has 0 aromatic rings. The number of hydrogen-bond donors (Lipinski definition) is 3. The molecule has 3 unspecified atom stereocenters. The molecule has 3 N–H and O–H groups in total. The minimum Gasteiger partial charge on any atom is -0.462 e. The maximum atomic E-state index is 13.1. The highest BCUT2D eigenvalue weighted by Crippen LogP contribution is 2.45. The third-order valence-corrected chi connectivity index (χ3v) is 22.3. The Kier molecular flexibility index (Phi) is 76.3. The minimum atomic E-state index is -4.96. The van der Waals surface area contributed by atoms with Gasteiger partial charge in [0.25, 0.3) is 0 Å². The second-order valence-corrected chi connectivity index (χ2v) is 33.7. The van der Waals surface area contributed by atoms with Gasteiger partial charge >= 0.3 is 39.5 Å². The number of carbonyl (C=O) groups excluding carboxylic acids is 4. The van der Waals surface area contributed by atoms with Gasteiger partial charge in [-0.25, -0.2) is 9.13 Å². The highest BCUT2D eigenvalue weighted by atomic mass is 31.2. The molecule has 0 aliphatic carbocycles. The molecule has 618 valence electrons. The molecule has 0 bridgehead atoms. The van der Waals surface area contributed by atoms with E-state index in [1.165, 1.54) is 283 Å². The van der Waals surface area contributed by atoms with Crippen molar-refractivity contribution in [1.82, 2.24) is 0 Å². The van der Waals surface area contributed by atoms with Crippen molar-refractivity contribution in [3.8, 4) is 0 Å². The first kappa shape index (κ1) is 102. The smallest absolute Gasteiger partial charge is 0.462 e. The first-order valence-electron chi connectivity index (χ1n) is 44.2. The number of esters is 4. The van der Waals surface area contributed by atoms with Crippen LogP contribution in [0.1, 0.15) is 458 Å². The number of rotatable bonds is 85. The third-order valence-electron chi connectivity index (χ3n) is 20.4. The predicted molar refractivity (Wildman–Crippen MR) is 428 cm³/mol. The fraction of sp³-hybridized carbons (Fsp3) is 0.953. The molecule has 0 radical (unpaired) electrons. The summed E-state index contributed by atoms with van der Waals surface area (Å²) in [6.07, 6.45) is 71.2. The van der Waals surface area contributed by atoms with E-state index in [9.17, 15) is 43.2 Å². The fourth-order valence-corrected chi connectivity index (χ4v) is 14.8. The highest BCUT2D eigenvalue weighted by molar-refractivity contribution is 7.47. The molecule has 0 aromatic carbocycles. The van der Waals surface area contributed by atoms with Crippen molar-refractivity contribution in [3.63, 3.8) is 0 Å². The van der Waals surface area contributed by atoms with Crippen LogP contribution in [0.5, 0.6) is 0 Å². The number of ether oxygens (including phenoxy) is 4. The lowest BCUT2D eigenvalue weighted by atomic mass is 10.00. The zero-order valence-electron chi connectivity index (χ0n) is 68.2. The van der Waals surface area contributed by atoms with Gasteiger partial charge in [-0.15, -0.1) is 0 Å². The number of unbranched alkanes of at least 4 members (excludes halogenated alkanes) is 56. The van der Waals surface area contributed by atoms with Crippen LogP contribution in [-0.2, 0) is 65.4 Å². The highest BCUT2D eigenvalue weighted by Gasteiger charge is 2.30. The van der Waals surface area contributed by atoms with Gasteiger partial charge in [-0.3, -0.25) is 37.3 Å². The van der Waals surface area contributed by atoms with Crippen molar-refractivity contribution in [1.29, 1.82) is 0 Å². The standard InChI is InChI=1S/C85H166O17P2/c1-6-10-13-16-19-22-25-27-29-31-33-35-37-39-41-43-45-47-50-53-59-64-69-83(88)95-74-80(101-84(89)70-65-60-54-51-48-46-44-42-40-38-36-34-32-30-28-26-23-20-17-14-11-7-2)76-99-103(91,92)97-72-79(86)73-98-104(93,94)100-77-81(102-85(90)71-66-61-56-55-57-62-67-78(5)9-4)75-96-82(87)68-63-58-52-49-24-21-18-15-12-8-3/h78-81,86H,6-77H2,1-5H3,(H,91,92)(H,93,94)/t78?,79-,80-,81-/m1/s1. The van der Waals surface area contributed by atoms with Crippen LogP contribution in [0, 0.1) is 5.92 Å². The molecule has 0 saturated carbocycles. The number of hydrogen-bond acceptors (Lipinski definition) is 15. The Labute approximate surface area is 638 Å². The van der Waals surface area contributed by atoms with Gasteiger partial charge in [-0.05, 0) is 31.6 Å². The lowest BCUT2D eigenvalue weighted by Gasteiger charge is -2.21. The van der Waals surface area contributed by atoms with E-state index < -0.39 is 97.5 Å². The SMILES string of the molecule is CCCCCCCCCCCCCCCCCCCCCCCCC(=O)OC[C@H](COP(=O)(O)OC[C@@H](O)COP(=O)(O)OC[C@@H](COC(=O)CCCCCCCCCCCC)OC(=O)CCCCCCCCC(C)CC)OC(=O)CCCCCCCCCCCCCCCCCCCCCCCC. The Morgan fingerprint density at radius 2 is 0.462 bits per heavy atom. The Balaban J connectivity index is 5.16. The molecule has 0 heterocycles. The van der Waals surface area contributed by atoms with E-state index in [4.69, 9.17) is 37.0 Å². The summed E-state index contributed by atoms with van der Waals surface area (Å²) in [7, 11) is -9.92. The number of carbonyl (C=O) groups is 4. The molecule has 17 nitrogen and oxygen atoms in total. The molecular formula is C85H166O17P2. The number of phosphoric ester groups is 2. The maximum Gasteiger partial charge on any atom is 0.472 e. The van der Waals surface area contributed by atoms with E-state index in [2.05, 4.69) is 34.6 Å². The van der Waals surface area contributed by atoms with Gasteiger partial charge in [-0.1, -0.05) is 407 Å². The van der Waals surface area contributed by atoms with Gasteiger partial charge in [0.2, 0.25) is 0 Å². The van der Waals surface area contributed by atoms with Crippen LogP contribution < -0.4 is 0 Å². The molecule has 0 aliphatic rings. The number of aliphatic hydroxyl groups is 1. The summed E-state index contributed by atoms with van der Waals surface area (Å²) in [6.45, 7) is 7.28. The zero-order chi connectivity index (χ0) is 76.2. The average Bonchev–Trinajstić information content (AvgIpc) is 0.920. The zero-order valence-corrected chi connectivity index (χ0v) is 70.0. The van der Waals surface area contributed by atoms with Crippen molar-refractivity contribution in [3.05, 3.63) is 0 Å². The van der Waals surface area contributed by atoms with E-state index in [1.807, 2.05) is 0 Å². The van der Waals surface area contributed by atoms with Gasteiger partial charge in [0.15, 0.2) is 12.2 Å². The van der Waals surface area contributed by atoms with Crippen LogP contribution >= 0.6 is 15.6 Å². The van der Waals surface area contributed by atoms with Crippen LogP contribution in [-0.4, -0.2) is 96.7 Å². The summed E-state index contributed by atoms with van der Waals surface area (Å²) in [5.41, 5.74) is 0. The molecule has 0 fully saturated rings. The molecule has 19 heteroatoms. The molecule has 0 aliphatic heterocycles. The summed E-state index contributed by atoms with van der Waals surface area (Å²) < 4.78 is 68.7. The van der Waals surface area contributed by atoms with Gasteiger partial charge in [-0.2, -0.15) is 0 Å². The van der Waals surface area contributed by atoms with Crippen molar-refractivity contribution in [2.24, 2.45) is 5.92 Å². The second-order valence-electron chi connectivity index (χ2n) is 30.8. The number of phosphoric acid groups is 2. The van der Waals surface area contributed by atoms with Gasteiger partial charge in [0.05, 0.1) is 26.4 Å².